The second kappa shape index (κ2) is 18.9. The summed E-state index contributed by atoms with van der Waals surface area (Å²) in [5.41, 5.74) is 35.2. The van der Waals surface area contributed by atoms with Gasteiger partial charge in [0.15, 0.2) is 0 Å². The quantitative estimate of drug-likeness (QED) is 0.0700. The first-order valence-electron chi connectivity index (χ1n) is 17.8. The lowest BCUT2D eigenvalue weighted by Crippen LogP contribution is -2.03. The van der Waals surface area contributed by atoms with Crippen molar-refractivity contribution in [2.45, 2.75) is 21.3 Å². The first-order chi connectivity index (χ1) is 27.7. The topological polar surface area (TPSA) is 284 Å². The van der Waals surface area contributed by atoms with Gasteiger partial charge >= 0.3 is 11.9 Å². The maximum Gasteiger partial charge on any atom is 0.335 e. The van der Waals surface area contributed by atoms with Gasteiger partial charge in [-0.2, -0.15) is 0 Å². The molecule has 0 radical (unpaired) electrons. The highest BCUT2D eigenvalue weighted by atomic mass is 16.5. The van der Waals surface area contributed by atoms with Gasteiger partial charge in [-0.1, -0.05) is 31.7 Å². The van der Waals surface area contributed by atoms with E-state index in [4.69, 9.17) is 47.6 Å². The minimum absolute atomic E-state index is 0. The van der Waals surface area contributed by atoms with Gasteiger partial charge in [0.25, 0.3) is 0 Å². The number of aromatic carboxylic acids is 2. The molecule has 8 aromatic rings. The number of nitrogen functional groups attached to an aromatic ring is 4. The zero-order valence-electron chi connectivity index (χ0n) is 32.6. The third-order valence-corrected chi connectivity index (χ3v) is 9.12. The molecule has 0 spiro atoms. The van der Waals surface area contributed by atoms with Crippen LogP contribution in [0, 0.1) is 13.8 Å². The summed E-state index contributed by atoms with van der Waals surface area (Å²) in [5.74, 6) is 0.433. The molecule has 0 aliphatic rings. The summed E-state index contributed by atoms with van der Waals surface area (Å²) in [7, 11) is 3.02. The molecule has 0 saturated carbocycles. The minimum atomic E-state index is -1.19. The second-order valence-electron chi connectivity index (χ2n) is 13.4. The molecular formula is C45H47N8O7-. The molecule has 60 heavy (non-hydrogen) atoms. The zero-order chi connectivity index (χ0) is 41.7. The summed E-state index contributed by atoms with van der Waals surface area (Å²) in [4.78, 5) is 37.2. The Morgan fingerprint density at radius 2 is 0.983 bits per heavy atom. The van der Waals surface area contributed by atoms with Gasteiger partial charge in [-0.15, -0.1) is 0 Å². The third kappa shape index (κ3) is 10.3. The monoisotopic (exact) mass is 811 g/mol. The molecule has 310 valence electrons. The Balaban J connectivity index is 0.000000213. The van der Waals surface area contributed by atoms with Crippen molar-refractivity contribution in [3.8, 4) is 45.1 Å². The lowest BCUT2D eigenvalue weighted by Gasteiger charge is -2.07. The minimum Gasteiger partial charge on any atom is -0.870 e. The molecule has 0 aliphatic carbocycles. The summed E-state index contributed by atoms with van der Waals surface area (Å²) in [6.45, 7) is 4.03. The van der Waals surface area contributed by atoms with Gasteiger partial charge in [0.05, 0.1) is 70.2 Å². The fraction of sp³-hybridized carbons (Fsp3) is 0.111. The van der Waals surface area contributed by atoms with Crippen molar-refractivity contribution < 1.29 is 34.8 Å². The molecule has 8 rings (SSSR count). The Kier molecular flexibility index (Phi) is 14.1. The number of aromatic nitrogens is 4. The standard InChI is InChI=1S/C23H20N4O.C12H14N4.C9H8O5.CH4.H2O/c1-13-8-17(10-18(9-13)28-3)23-26-20-7-5-16(12-22(20)27-23)15-4-6-19-21(11-15)25-14(2)24-19;13-9-3-1-7(5-11(9)15)8-2-4-10(14)12(16)6-8;1-14-7-3-5(8(10)11)2-6(4-7)9(12)13;;/h4-12H,1-3H3,(H,24,25)(H,26,27);1-6H,13-16H2;2-4H,1H3,(H,10,11)(H,12,13);1H4;1H2/p-1. The number of nitrogens with two attached hydrogens (primary N) is 4. The summed E-state index contributed by atoms with van der Waals surface area (Å²) in [5, 5.41) is 17.3. The number of carboxylic acids is 2. The Hall–Kier alpha value is -8.04. The number of rotatable bonds is 7. The van der Waals surface area contributed by atoms with Crippen molar-refractivity contribution in [1.29, 1.82) is 0 Å². The lowest BCUT2D eigenvalue weighted by molar-refractivity contribution is 0.0696. The highest BCUT2D eigenvalue weighted by Gasteiger charge is 2.12. The maximum absolute atomic E-state index is 10.6. The van der Waals surface area contributed by atoms with Crippen LogP contribution in [0.2, 0.25) is 0 Å². The number of fused-ring (bicyclic) bond motifs is 2. The predicted molar refractivity (Wildman–Crippen MR) is 238 cm³/mol. The SMILES string of the molecule is C.COc1cc(C(=O)O)cc(C(=O)O)c1.COc1cc(C)cc(-c2nc3ccc(-c4ccc5nc(C)[nH]c5c4)cc3[nH]2)c1.Nc1ccc(-c2ccc(N)c(N)c2)cc1N.[OH-]. The molecule has 13 N–H and O–H groups in total. The number of methoxy groups -OCH3 is 2. The van der Waals surface area contributed by atoms with Crippen molar-refractivity contribution in [3.05, 3.63) is 132 Å². The Morgan fingerprint density at radius 1 is 0.533 bits per heavy atom. The number of benzene rings is 6. The average Bonchev–Trinajstić information content (AvgIpc) is 3.82. The first kappa shape index (κ1) is 44.7. The zero-order valence-corrected chi connectivity index (χ0v) is 32.6. The highest BCUT2D eigenvalue weighted by molar-refractivity contribution is 5.94. The van der Waals surface area contributed by atoms with Crippen molar-refractivity contribution >= 4 is 56.8 Å². The van der Waals surface area contributed by atoms with Crippen LogP contribution in [-0.2, 0) is 0 Å². The van der Waals surface area contributed by atoms with Gasteiger partial charge in [0, 0.05) is 5.56 Å². The van der Waals surface area contributed by atoms with Crippen molar-refractivity contribution in [2.24, 2.45) is 0 Å². The van der Waals surface area contributed by atoms with Crippen LogP contribution in [0.1, 0.15) is 39.5 Å². The van der Waals surface area contributed by atoms with Crippen LogP contribution < -0.4 is 32.4 Å². The number of nitrogens with one attached hydrogen (secondary N) is 2. The molecule has 6 aromatic carbocycles. The number of anilines is 4. The van der Waals surface area contributed by atoms with E-state index in [-0.39, 0.29) is 29.8 Å². The number of carboxylic acid groups (broad SMARTS) is 2. The molecule has 0 aliphatic heterocycles. The summed E-state index contributed by atoms with van der Waals surface area (Å²) in [6.07, 6.45) is 0. The molecule has 15 nitrogen and oxygen atoms in total. The van der Waals surface area contributed by atoms with E-state index in [0.717, 1.165) is 78.9 Å². The molecular weight excluding hydrogens is 765 g/mol. The number of carbonyl (C=O) groups is 2. The van der Waals surface area contributed by atoms with Crippen LogP contribution in [-0.4, -0.2) is 61.8 Å². The number of nitrogens with zero attached hydrogens (tertiary/aromatic N) is 2. The second-order valence-corrected chi connectivity index (χ2v) is 13.4. The van der Waals surface area contributed by atoms with Crippen LogP contribution in [0.5, 0.6) is 11.5 Å². The van der Waals surface area contributed by atoms with Crippen LogP contribution >= 0.6 is 0 Å². The fourth-order valence-electron chi connectivity index (χ4n) is 6.12. The number of hydrogen-bond acceptors (Lipinski definition) is 11. The van der Waals surface area contributed by atoms with E-state index in [2.05, 4.69) is 64.3 Å². The van der Waals surface area contributed by atoms with E-state index in [1.54, 1.807) is 19.2 Å². The number of hydrogen-bond donors (Lipinski definition) is 8. The van der Waals surface area contributed by atoms with Crippen molar-refractivity contribution in [3.63, 3.8) is 0 Å². The largest absolute Gasteiger partial charge is 0.870 e. The van der Waals surface area contributed by atoms with E-state index in [9.17, 15) is 9.59 Å². The summed E-state index contributed by atoms with van der Waals surface area (Å²) in [6, 6.07) is 33.3. The smallest absolute Gasteiger partial charge is 0.335 e. The van der Waals surface area contributed by atoms with Gasteiger partial charge < -0.3 is 58.1 Å². The molecule has 0 fully saturated rings. The highest BCUT2D eigenvalue weighted by Crippen LogP contribution is 2.31. The summed E-state index contributed by atoms with van der Waals surface area (Å²) >= 11 is 0. The van der Waals surface area contributed by atoms with Gasteiger partial charge in [-0.3, -0.25) is 0 Å². The number of imidazole rings is 2. The molecule has 0 amide bonds. The van der Waals surface area contributed by atoms with E-state index in [0.29, 0.717) is 22.7 Å². The molecule has 2 aromatic heterocycles. The fourth-order valence-corrected chi connectivity index (χ4v) is 6.12. The summed E-state index contributed by atoms with van der Waals surface area (Å²) < 4.78 is 10.2. The number of aryl methyl sites for hydroxylation is 2. The normalized spacial score (nSPS) is 10.3. The Bertz CT molecular complexity index is 2730. The van der Waals surface area contributed by atoms with Crippen LogP contribution in [0.25, 0.3) is 55.7 Å². The van der Waals surface area contributed by atoms with Crippen molar-refractivity contribution in [1.82, 2.24) is 19.9 Å². The molecule has 2 heterocycles. The van der Waals surface area contributed by atoms with Gasteiger partial charge in [0.1, 0.15) is 23.1 Å². The molecule has 0 saturated heterocycles. The molecule has 0 atom stereocenters. The lowest BCUT2D eigenvalue weighted by atomic mass is 10.0. The van der Waals surface area contributed by atoms with E-state index >= 15 is 0 Å². The molecule has 15 heteroatoms. The Morgan fingerprint density at radius 3 is 1.47 bits per heavy atom. The van der Waals surface area contributed by atoms with E-state index < -0.39 is 11.9 Å². The van der Waals surface area contributed by atoms with Gasteiger partial charge in [-0.25, -0.2) is 19.6 Å². The van der Waals surface area contributed by atoms with E-state index in [1.807, 2.05) is 43.3 Å². The maximum atomic E-state index is 10.6. The van der Waals surface area contributed by atoms with Crippen LogP contribution in [0.15, 0.2) is 109 Å². The van der Waals surface area contributed by atoms with E-state index in [1.165, 1.54) is 19.2 Å². The van der Waals surface area contributed by atoms with Gasteiger partial charge in [-0.05, 0) is 127 Å². The van der Waals surface area contributed by atoms with Crippen molar-refractivity contribution in [2.75, 3.05) is 37.2 Å². The Labute approximate surface area is 345 Å². The van der Waals surface area contributed by atoms with Crippen LogP contribution in [0.4, 0.5) is 22.7 Å². The number of H-pyrrole nitrogens is 2. The first-order valence-corrected chi connectivity index (χ1v) is 17.8. The number of ether oxygens (including phenoxy) is 2. The van der Waals surface area contributed by atoms with Crippen LogP contribution in [0.3, 0.4) is 0 Å². The average molecular weight is 812 g/mol. The molecule has 0 unspecified atom stereocenters. The number of aromatic amines is 2. The predicted octanol–water partition coefficient (Wildman–Crippen LogP) is 8.63. The third-order valence-electron chi connectivity index (χ3n) is 9.12. The van der Waals surface area contributed by atoms with Gasteiger partial charge in [0.2, 0.25) is 0 Å². The molecule has 0 bridgehead atoms.